The second kappa shape index (κ2) is 3.18. The molecule has 2 rings (SSSR count). The molecule has 0 fully saturated rings. The van der Waals surface area contributed by atoms with Crippen LogP contribution in [0, 0.1) is 6.92 Å². The number of nitrogens with zero attached hydrogens (tertiary/aromatic N) is 1. The lowest BCUT2D eigenvalue weighted by Crippen LogP contribution is -1.90. The maximum absolute atomic E-state index is 3.53. The lowest BCUT2D eigenvalue weighted by atomic mass is 10.2. The summed E-state index contributed by atoms with van der Waals surface area (Å²) in [4.78, 5) is 0. The summed E-state index contributed by atoms with van der Waals surface area (Å²) >= 11 is 3.53. The third-order valence-electron chi connectivity index (χ3n) is 2.66. The minimum atomic E-state index is 0.931. The lowest BCUT2D eigenvalue weighted by Gasteiger charge is -1.97. The molecule has 0 N–H and O–H groups in total. The van der Waals surface area contributed by atoms with Crippen molar-refractivity contribution < 1.29 is 0 Å². The number of para-hydroxylation sites is 1. The molecular weight excluding hydrogens is 226 g/mol. The minimum Gasteiger partial charge on any atom is -0.348 e. The highest BCUT2D eigenvalue weighted by Gasteiger charge is 2.08. The third kappa shape index (κ3) is 1.20. The molecule has 0 radical (unpaired) electrons. The number of aryl methyl sites for hydroxylation is 1. The fourth-order valence-electron chi connectivity index (χ4n) is 1.77. The van der Waals surface area contributed by atoms with E-state index in [0.717, 1.165) is 5.33 Å². The summed E-state index contributed by atoms with van der Waals surface area (Å²) in [5.41, 5.74) is 4.06. The molecule has 2 heteroatoms. The molecule has 0 aliphatic carbocycles. The van der Waals surface area contributed by atoms with Crippen molar-refractivity contribution in [1.82, 2.24) is 4.57 Å². The van der Waals surface area contributed by atoms with Crippen LogP contribution in [0.5, 0.6) is 0 Å². The zero-order valence-corrected chi connectivity index (χ0v) is 9.43. The van der Waals surface area contributed by atoms with E-state index in [1.807, 2.05) is 0 Å². The average molecular weight is 238 g/mol. The van der Waals surface area contributed by atoms with Gasteiger partial charge in [0.1, 0.15) is 0 Å². The third-order valence-corrected chi connectivity index (χ3v) is 3.22. The Morgan fingerprint density at radius 3 is 2.69 bits per heavy atom. The summed E-state index contributed by atoms with van der Waals surface area (Å²) < 4.78 is 2.24. The predicted octanol–water partition coefficient (Wildman–Crippen LogP) is 3.38. The Morgan fingerprint density at radius 2 is 2.00 bits per heavy atom. The van der Waals surface area contributed by atoms with Gasteiger partial charge in [-0.25, -0.2) is 0 Å². The molecule has 1 aromatic heterocycles. The molecule has 0 unspecified atom stereocenters. The van der Waals surface area contributed by atoms with Gasteiger partial charge in [-0.15, -0.1) is 0 Å². The second-order valence-corrected chi connectivity index (χ2v) is 3.83. The molecule has 2 aromatic rings. The summed E-state index contributed by atoms with van der Waals surface area (Å²) in [6, 6.07) is 8.52. The number of alkyl halides is 1. The van der Waals surface area contributed by atoms with E-state index in [1.54, 1.807) is 0 Å². The highest BCUT2D eigenvalue weighted by Crippen LogP contribution is 2.26. The highest BCUT2D eigenvalue weighted by atomic mass is 79.9. The molecular formula is C11H12BrN. The largest absolute Gasteiger partial charge is 0.348 e. The van der Waals surface area contributed by atoms with Crippen molar-refractivity contribution in [2.75, 3.05) is 0 Å². The van der Waals surface area contributed by atoms with Crippen LogP contribution < -0.4 is 0 Å². The van der Waals surface area contributed by atoms with E-state index < -0.39 is 0 Å². The Hall–Kier alpha value is -0.760. The zero-order chi connectivity index (χ0) is 9.42. The van der Waals surface area contributed by atoms with Gasteiger partial charge in [0.05, 0.1) is 0 Å². The van der Waals surface area contributed by atoms with E-state index in [-0.39, 0.29) is 0 Å². The van der Waals surface area contributed by atoms with E-state index >= 15 is 0 Å². The monoisotopic (exact) mass is 237 g/mol. The van der Waals surface area contributed by atoms with Crippen molar-refractivity contribution in [2.24, 2.45) is 7.05 Å². The van der Waals surface area contributed by atoms with E-state index in [0.29, 0.717) is 0 Å². The van der Waals surface area contributed by atoms with Gasteiger partial charge in [0.2, 0.25) is 0 Å². The van der Waals surface area contributed by atoms with Crippen LogP contribution in [-0.2, 0) is 12.4 Å². The molecule has 0 saturated carbocycles. The molecule has 0 spiro atoms. The van der Waals surface area contributed by atoms with Crippen LogP contribution in [-0.4, -0.2) is 4.57 Å². The Kier molecular flexibility index (Phi) is 2.16. The van der Waals surface area contributed by atoms with Gasteiger partial charge in [-0.2, -0.15) is 0 Å². The summed E-state index contributed by atoms with van der Waals surface area (Å²) in [5.74, 6) is 0. The van der Waals surface area contributed by atoms with Gasteiger partial charge in [-0.3, -0.25) is 0 Å². The standard InChI is InChI=1S/C11H12BrN/c1-8-10(7-12)9-5-3-4-6-11(9)13(8)2/h3-6H,7H2,1-2H3. The first-order valence-corrected chi connectivity index (χ1v) is 5.46. The van der Waals surface area contributed by atoms with Gasteiger partial charge in [0.15, 0.2) is 0 Å². The second-order valence-electron chi connectivity index (χ2n) is 3.27. The van der Waals surface area contributed by atoms with Crippen molar-refractivity contribution in [1.29, 1.82) is 0 Å². The molecule has 13 heavy (non-hydrogen) atoms. The number of rotatable bonds is 1. The molecule has 68 valence electrons. The van der Waals surface area contributed by atoms with E-state index in [4.69, 9.17) is 0 Å². The van der Waals surface area contributed by atoms with Gasteiger partial charge in [-0.1, -0.05) is 34.1 Å². The van der Waals surface area contributed by atoms with Crippen LogP contribution in [0.4, 0.5) is 0 Å². The molecule has 0 atom stereocenters. The highest BCUT2D eigenvalue weighted by molar-refractivity contribution is 9.08. The molecule has 1 aromatic carbocycles. The predicted molar refractivity (Wildman–Crippen MR) is 60.3 cm³/mol. The molecule has 0 aliphatic heterocycles. The van der Waals surface area contributed by atoms with Crippen molar-refractivity contribution in [3.05, 3.63) is 35.5 Å². The Labute approximate surface area is 86.5 Å². The van der Waals surface area contributed by atoms with E-state index in [1.165, 1.54) is 22.2 Å². The fraction of sp³-hybridized carbons (Fsp3) is 0.273. The number of hydrogen-bond donors (Lipinski definition) is 0. The van der Waals surface area contributed by atoms with Crippen LogP contribution in [0.3, 0.4) is 0 Å². The van der Waals surface area contributed by atoms with E-state index in [9.17, 15) is 0 Å². The fourth-order valence-corrected chi connectivity index (χ4v) is 2.48. The quantitative estimate of drug-likeness (QED) is 0.671. The minimum absolute atomic E-state index is 0.931. The van der Waals surface area contributed by atoms with E-state index in [2.05, 4.69) is 58.7 Å². The molecule has 0 amide bonds. The van der Waals surface area contributed by atoms with Crippen molar-refractivity contribution in [3.63, 3.8) is 0 Å². The average Bonchev–Trinajstić information content (AvgIpc) is 2.41. The van der Waals surface area contributed by atoms with Crippen LogP contribution >= 0.6 is 15.9 Å². The molecule has 0 bridgehead atoms. The Balaban J connectivity index is 2.90. The van der Waals surface area contributed by atoms with Gasteiger partial charge in [0.25, 0.3) is 0 Å². The van der Waals surface area contributed by atoms with Crippen LogP contribution in [0.2, 0.25) is 0 Å². The Bertz CT molecular complexity index is 443. The molecule has 0 saturated heterocycles. The maximum Gasteiger partial charge on any atom is 0.0482 e. The lowest BCUT2D eigenvalue weighted by molar-refractivity contribution is 0.909. The van der Waals surface area contributed by atoms with Crippen molar-refractivity contribution in [3.8, 4) is 0 Å². The number of aromatic nitrogens is 1. The maximum atomic E-state index is 3.53. The summed E-state index contributed by atoms with van der Waals surface area (Å²) in [5, 5.41) is 2.29. The number of benzene rings is 1. The van der Waals surface area contributed by atoms with Crippen LogP contribution in [0.1, 0.15) is 11.3 Å². The van der Waals surface area contributed by atoms with Crippen molar-refractivity contribution >= 4 is 26.8 Å². The summed E-state index contributed by atoms with van der Waals surface area (Å²) in [6.07, 6.45) is 0. The normalized spacial score (nSPS) is 11.0. The smallest absolute Gasteiger partial charge is 0.0482 e. The first-order valence-electron chi connectivity index (χ1n) is 4.34. The first-order chi connectivity index (χ1) is 6.25. The zero-order valence-electron chi connectivity index (χ0n) is 7.84. The van der Waals surface area contributed by atoms with Gasteiger partial charge in [-0.05, 0) is 18.6 Å². The number of hydrogen-bond acceptors (Lipinski definition) is 0. The topological polar surface area (TPSA) is 4.93 Å². The number of halogens is 1. The Morgan fingerprint density at radius 1 is 1.31 bits per heavy atom. The first kappa shape index (κ1) is 8.82. The molecule has 1 heterocycles. The van der Waals surface area contributed by atoms with Crippen LogP contribution in [0.25, 0.3) is 10.9 Å². The number of fused-ring (bicyclic) bond motifs is 1. The van der Waals surface area contributed by atoms with Gasteiger partial charge >= 0.3 is 0 Å². The SMILES string of the molecule is Cc1c(CBr)c2ccccc2n1C. The van der Waals surface area contributed by atoms with Crippen molar-refractivity contribution in [2.45, 2.75) is 12.3 Å². The van der Waals surface area contributed by atoms with Gasteiger partial charge < -0.3 is 4.57 Å². The molecule has 1 nitrogen and oxygen atoms in total. The summed E-state index contributed by atoms with van der Waals surface area (Å²) in [6.45, 7) is 2.16. The van der Waals surface area contributed by atoms with Crippen LogP contribution in [0.15, 0.2) is 24.3 Å². The summed E-state index contributed by atoms with van der Waals surface area (Å²) in [7, 11) is 2.11. The van der Waals surface area contributed by atoms with Gasteiger partial charge in [0, 0.05) is 29.0 Å². The molecule has 0 aliphatic rings.